The van der Waals surface area contributed by atoms with Gasteiger partial charge in [0.05, 0.1) is 25.0 Å². The van der Waals surface area contributed by atoms with Crippen LogP contribution in [0.15, 0.2) is 42.9 Å². The highest BCUT2D eigenvalue weighted by molar-refractivity contribution is 5.93. The number of nitrogens with zero attached hydrogens (tertiary/aromatic N) is 6. The van der Waals surface area contributed by atoms with Gasteiger partial charge in [0.1, 0.15) is 35.1 Å². The number of nitrogens with one attached hydrogen (secondary N) is 1. The van der Waals surface area contributed by atoms with E-state index >= 15 is 0 Å². The number of hydrogen-bond donors (Lipinski definition) is 3. The van der Waals surface area contributed by atoms with E-state index in [1.165, 1.54) is 13.4 Å². The highest BCUT2D eigenvalue weighted by Crippen LogP contribution is 2.37. The van der Waals surface area contributed by atoms with Gasteiger partial charge in [0.15, 0.2) is 5.82 Å². The van der Waals surface area contributed by atoms with E-state index in [4.69, 9.17) is 15.2 Å². The van der Waals surface area contributed by atoms with E-state index in [9.17, 15) is 9.90 Å². The summed E-state index contributed by atoms with van der Waals surface area (Å²) in [7, 11) is 5.11. The third-order valence-electron chi connectivity index (χ3n) is 5.58. The van der Waals surface area contributed by atoms with Gasteiger partial charge < -0.3 is 20.3 Å². The third kappa shape index (κ3) is 5.65. The van der Waals surface area contributed by atoms with Crippen molar-refractivity contribution in [2.75, 3.05) is 32.3 Å². The lowest BCUT2D eigenvalue weighted by Crippen LogP contribution is -2.31. The van der Waals surface area contributed by atoms with Crippen molar-refractivity contribution in [1.29, 1.82) is 0 Å². The highest BCUT2D eigenvalue weighted by atomic mass is 16.6. The molecule has 0 saturated carbocycles. The largest absolute Gasteiger partial charge is 0.495 e. The number of carbonyl (C=O) groups is 1. The van der Waals surface area contributed by atoms with Gasteiger partial charge in [0, 0.05) is 11.8 Å². The first kappa shape index (κ1) is 25.9. The Morgan fingerprint density at radius 3 is 2.68 bits per heavy atom. The number of aromatic nitrogens is 5. The van der Waals surface area contributed by atoms with E-state index in [1.54, 1.807) is 67.3 Å². The van der Waals surface area contributed by atoms with Crippen LogP contribution < -0.4 is 15.8 Å². The minimum atomic E-state index is -0.675. The Morgan fingerprint density at radius 2 is 2.00 bits per heavy atom. The van der Waals surface area contributed by atoms with E-state index in [0.717, 1.165) is 11.1 Å². The molecule has 1 atom stereocenters. The summed E-state index contributed by atoms with van der Waals surface area (Å²) in [4.78, 5) is 18.2. The molecule has 1 aromatic carbocycles. The van der Waals surface area contributed by atoms with Crippen LogP contribution in [0.5, 0.6) is 5.75 Å². The first-order valence-corrected chi connectivity index (χ1v) is 11.7. The maximum Gasteiger partial charge on any atom is 0.412 e. The van der Waals surface area contributed by atoms with Crippen molar-refractivity contribution in [1.82, 2.24) is 29.3 Å². The summed E-state index contributed by atoms with van der Waals surface area (Å²) in [6, 6.07) is 9.14. The lowest BCUT2D eigenvalue weighted by atomic mass is 10.1. The highest BCUT2D eigenvalue weighted by Gasteiger charge is 2.21. The lowest BCUT2D eigenvalue weighted by molar-refractivity contribution is 0.0232. The van der Waals surface area contributed by atoms with Gasteiger partial charge in [-0.1, -0.05) is 6.07 Å². The number of carbonyl (C=O) groups excluding carboxylic acids is 1. The molecule has 4 aromatic rings. The first-order chi connectivity index (χ1) is 17.5. The van der Waals surface area contributed by atoms with Crippen molar-refractivity contribution in [2.45, 2.75) is 39.1 Å². The predicted molar refractivity (Wildman–Crippen MR) is 140 cm³/mol. The van der Waals surface area contributed by atoms with Gasteiger partial charge in [-0.25, -0.2) is 14.3 Å². The maximum absolute atomic E-state index is 12.3. The molecule has 3 aromatic heterocycles. The van der Waals surface area contributed by atoms with Crippen molar-refractivity contribution >= 4 is 23.1 Å². The Morgan fingerprint density at radius 1 is 1.24 bits per heavy atom. The van der Waals surface area contributed by atoms with Gasteiger partial charge in [-0.2, -0.15) is 10.2 Å². The molecular formula is C25H32N8O4. The van der Waals surface area contributed by atoms with Gasteiger partial charge in [0.2, 0.25) is 0 Å². The smallest absolute Gasteiger partial charge is 0.412 e. The molecule has 1 unspecified atom stereocenters. The summed E-state index contributed by atoms with van der Waals surface area (Å²) < 4.78 is 14.3. The number of likely N-dealkylation sites (N-methyl/N-ethyl adjacent to an activating group) is 1. The lowest BCUT2D eigenvalue weighted by Gasteiger charge is -2.20. The van der Waals surface area contributed by atoms with E-state index in [-0.39, 0.29) is 0 Å². The number of amides is 1. The Hall–Kier alpha value is -4.16. The summed E-state index contributed by atoms with van der Waals surface area (Å²) in [5, 5.41) is 21.9. The normalized spacial score (nSPS) is 12.6. The van der Waals surface area contributed by atoms with Crippen molar-refractivity contribution in [3.63, 3.8) is 0 Å². The second kappa shape index (κ2) is 10.1. The van der Waals surface area contributed by atoms with E-state index in [2.05, 4.69) is 20.5 Å². The monoisotopic (exact) mass is 508 g/mol. The second-order valence-electron chi connectivity index (χ2n) is 9.76. The van der Waals surface area contributed by atoms with Crippen LogP contribution in [0.4, 0.5) is 16.3 Å². The Balaban J connectivity index is 1.73. The van der Waals surface area contributed by atoms with Crippen molar-refractivity contribution in [2.24, 2.45) is 0 Å². The van der Waals surface area contributed by atoms with Crippen LogP contribution in [0, 0.1) is 0 Å². The van der Waals surface area contributed by atoms with Crippen LogP contribution in [0.1, 0.15) is 20.8 Å². The van der Waals surface area contributed by atoms with Gasteiger partial charge in [-0.15, -0.1) is 0 Å². The van der Waals surface area contributed by atoms with E-state index in [1.807, 2.05) is 18.2 Å². The zero-order valence-electron chi connectivity index (χ0n) is 21.8. The summed E-state index contributed by atoms with van der Waals surface area (Å²) in [6.45, 7) is 5.69. The number of ether oxygens (including phenoxy) is 2. The fourth-order valence-corrected chi connectivity index (χ4v) is 3.78. The number of methoxy groups -OCH3 is 1. The summed E-state index contributed by atoms with van der Waals surface area (Å²) in [6.07, 6.45) is 1.93. The number of anilines is 2. The fourth-order valence-electron chi connectivity index (χ4n) is 3.78. The molecule has 0 aliphatic rings. The molecule has 0 aliphatic carbocycles. The summed E-state index contributed by atoms with van der Waals surface area (Å²) >= 11 is 0. The Kier molecular flexibility index (Phi) is 7.05. The summed E-state index contributed by atoms with van der Waals surface area (Å²) in [5.41, 5.74) is 9.61. The number of aliphatic hydroxyl groups is 1. The van der Waals surface area contributed by atoms with Crippen LogP contribution in [-0.4, -0.2) is 73.5 Å². The minimum Gasteiger partial charge on any atom is -0.495 e. The van der Waals surface area contributed by atoms with Crippen molar-refractivity contribution in [3.05, 3.63) is 42.9 Å². The first-order valence-electron chi connectivity index (χ1n) is 11.7. The Labute approximate surface area is 214 Å². The third-order valence-corrected chi connectivity index (χ3v) is 5.58. The molecule has 0 spiro atoms. The molecule has 0 aliphatic heterocycles. The average molecular weight is 509 g/mol. The molecule has 4 N–H and O–H groups in total. The number of nitrogen functional groups attached to an aromatic ring is 1. The SMILES string of the molecule is COc1cc(-c2cc(-c3ccn(CC(O)N(C)C)n3)n3ncnc(N)c23)ccc1NC(=O)OC(C)(C)C. The molecule has 3 heterocycles. The zero-order chi connectivity index (χ0) is 26.9. The second-order valence-corrected chi connectivity index (χ2v) is 9.76. The predicted octanol–water partition coefficient (Wildman–Crippen LogP) is 3.08. The number of fused-ring (bicyclic) bond motifs is 1. The van der Waals surface area contributed by atoms with Gasteiger partial charge in [-0.3, -0.25) is 14.9 Å². The molecule has 37 heavy (non-hydrogen) atoms. The molecule has 0 fully saturated rings. The average Bonchev–Trinajstić information content (AvgIpc) is 3.43. The van der Waals surface area contributed by atoms with Crippen molar-refractivity contribution in [3.8, 4) is 28.3 Å². The number of aliphatic hydroxyl groups excluding tert-OH is 1. The molecule has 0 bridgehead atoms. The van der Waals surface area contributed by atoms with Crippen LogP contribution >= 0.6 is 0 Å². The number of hydrogen-bond acceptors (Lipinski definition) is 9. The molecule has 1 amide bonds. The number of benzene rings is 1. The molecule has 196 valence electrons. The van der Waals surface area contributed by atoms with Gasteiger partial charge >= 0.3 is 6.09 Å². The quantitative estimate of drug-likeness (QED) is 0.321. The fraction of sp³-hybridized carbons (Fsp3) is 0.360. The maximum atomic E-state index is 12.3. The van der Waals surface area contributed by atoms with Crippen LogP contribution in [-0.2, 0) is 11.3 Å². The summed E-state index contributed by atoms with van der Waals surface area (Å²) in [5.74, 6) is 0.746. The molecule has 0 saturated heterocycles. The zero-order valence-corrected chi connectivity index (χ0v) is 21.8. The molecule has 12 nitrogen and oxygen atoms in total. The molecular weight excluding hydrogens is 476 g/mol. The van der Waals surface area contributed by atoms with Crippen LogP contribution in [0.25, 0.3) is 28.0 Å². The molecule has 0 radical (unpaired) electrons. The molecule has 4 rings (SSSR count). The van der Waals surface area contributed by atoms with Crippen LogP contribution in [0.3, 0.4) is 0 Å². The topological polar surface area (TPSA) is 145 Å². The minimum absolute atomic E-state index is 0.300. The Bertz CT molecular complexity index is 1420. The van der Waals surface area contributed by atoms with E-state index in [0.29, 0.717) is 40.7 Å². The number of rotatable bonds is 7. The van der Waals surface area contributed by atoms with Crippen LogP contribution in [0.2, 0.25) is 0 Å². The van der Waals surface area contributed by atoms with Crippen molar-refractivity contribution < 1.29 is 19.4 Å². The van der Waals surface area contributed by atoms with E-state index < -0.39 is 17.9 Å². The molecule has 12 heteroatoms. The van der Waals surface area contributed by atoms with Gasteiger partial charge in [0.25, 0.3) is 0 Å². The van der Waals surface area contributed by atoms with Gasteiger partial charge in [-0.05, 0) is 64.7 Å². The standard InChI is InChI=1S/C25H32N8O4/c1-25(2,3)37-24(35)29-18-8-7-15(11-20(18)36-6)16-12-19(33-22(16)23(26)27-14-28-33)17-9-10-32(30-17)13-21(34)31(4)5/h7-12,14,21,34H,13H2,1-6H3,(H,29,35)(H2,26,27,28). The number of nitrogens with two attached hydrogens (primary N) is 1.